The summed E-state index contributed by atoms with van der Waals surface area (Å²) in [5, 5.41) is 3.55. The highest BCUT2D eigenvalue weighted by Gasteiger charge is 2.14. The first-order valence-corrected chi connectivity index (χ1v) is 7.05. The molecule has 0 aliphatic heterocycles. The number of hydrogen-bond donors (Lipinski definition) is 1. The molecule has 1 N–H and O–H groups in total. The van der Waals surface area contributed by atoms with Gasteiger partial charge in [0, 0.05) is 0 Å². The van der Waals surface area contributed by atoms with Gasteiger partial charge in [-0.25, -0.2) is 0 Å². The van der Waals surface area contributed by atoms with E-state index in [2.05, 4.69) is 63.3 Å². The minimum Gasteiger partial charge on any atom is -0.376 e. The van der Waals surface area contributed by atoms with Crippen LogP contribution in [0.4, 0.5) is 0 Å². The van der Waals surface area contributed by atoms with Crippen molar-refractivity contribution in [1.29, 1.82) is 0 Å². The molecule has 0 fully saturated rings. The molecule has 2 atom stereocenters. The summed E-state index contributed by atoms with van der Waals surface area (Å²) in [5.74, 6) is 0.563. The van der Waals surface area contributed by atoms with Crippen molar-refractivity contribution in [2.45, 2.75) is 46.3 Å². The number of benzene rings is 1. The fourth-order valence-electron chi connectivity index (χ4n) is 1.72. The molecular weight excluding hydrogens is 222 g/mol. The monoisotopic (exact) mass is 249 g/mol. The summed E-state index contributed by atoms with van der Waals surface area (Å²) in [5.41, 5.74) is 1.31. The predicted octanol–water partition coefficient (Wildman–Crippen LogP) is 3.79. The van der Waals surface area contributed by atoms with Crippen LogP contribution in [0.2, 0.25) is 0 Å². The largest absolute Gasteiger partial charge is 0.376 e. The molecule has 0 radical (unpaired) electrons. The van der Waals surface area contributed by atoms with Gasteiger partial charge in [0.05, 0.1) is 18.8 Å². The van der Waals surface area contributed by atoms with Crippen molar-refractivity contribution < 1.29 is 4.74 Å². The average molecular weight is 249 g/mol. The van der Waals surface area contributed by atoms with Gasteiger partial charge < -0.3 is 10.1 Å². The van der Waals surface area contributed by atoms with Crippen molar-refractivity contribution in [3.63, 3.8) is 0 Å². The molecule has 1 aromatic rings. The van der Waals surface area contributed by atoms with Crippen molar-refractivity contribution in [3.05, 3.63) is 35.9 Å². The molecule has 0 aromatic heterocycles. The van der Waals surface area contributed by atoms with Gasteiger partial charge >= 0.3 is 0 Å². The van der Waals surface area contributed by atoms with Crippen molar-refractivity contribution in [1.82, 2.24) is 5.32 Å². The van der Waals surface area contributed by atoms with Gasteiger partial charge in [-0.05, 0) is 31.4 Å². The summed E-state index contributed by atoms with van der Waals surface area (Å²) in [4.78, 5) is 0. The molecule has 1 aromatic carbocycles. The molecule has 0 amide bonds. The van der Waals surface area contributed by atoms with Gasteiger partial charge in [0.25, 0.3) is 0 Å². The highest BCUT2D eigenvalue weighted by Crippen LogP contribution is 2.15. The molecule has 0 aliphatic rings. The topological polar surface area (TPSA) is 21.3 Å². The van der Waals surface area contributed by atoms with Crippen LogP contribution in [-0.2, 0) is 4.74 Å². The van der Waals surface area contributed by atoms with Crippen LogP contribution in [0.3, 0.4) is 0 Å². The lowest BCUT2D eigenvalue weighted by molar-refractivity contribution is 0.0218. The first-order valence-electron chi connectivity index (χ1n) is 7.05. The van der Waals surface area contributed by atoms with Crippen LogP contribution in [0.5, 0.6) is 0 Å². The molecule has 0 bridgehead atoms. The first-order chi connectivity index (χ1) is 8.65. The van der Waals surface area contributed by atoms with E-state index in [0.29, 0.717) is 18.1 Å². The van der Waals surface area contributed by atoms with E-state index in [1.807, 2.05) is 0 Å². The van der Waals surface area contributed by atoms with Crippen molar-refractivity contribution >= 4 is 0 Å². The minimum absolute atomic E-state index is 0.298. The fraction of sp³-hybridized carbons (Fsp3) is 0.625. The quantitative estimate of drug-likeness (QED) is 0.757. The second-order valence-corrected chi connectivity index (χ2v) is 5.20. The molecule has 2 heteroatoms. The number of nitrogens with one attached hydrogen (secondary N) is 1. The van der Waals surface area contributed by atoms with Crippen LogP contribution in [0, 0.1) is 5.92 Å². The molecular formula is C16H27NO. The van der Waals surface area contributed by atoms with Crippen molar-refractivity contribution in [2.75, 3.05) is 13.2 Å². The Bertz CT molecular complexity index is 310. The molecule has 0 aliphatic carbocycles. The fourth-order valence-corrected chi connectivity index (χ4v) is 1.72. The third-order valence-electron chi connectivity index (χ3n) is 3.31. The van der Waals surface area contributed by atoms with Crippen LogP contribution in [0.25, 0.3) is 0 Å². The predicted molar refractivity (Wildman–Crippen MR) is 77.7 cm³/mol. The summed E-state index contributed by atoms with van der Waals surface area (Å²) in [7, 11) is 0. The third-order valence-corrected chi connectivity index (χ3v) is 3.31. The second kappa shape index (κ2) is 8.28. The second-order valence-electron chi connectivity index (χ2n) is 5.20. The Morgan fingerprint density at radius 2 is 1.78 bits per heavy atom. The Labute approximate surface area is 112 Å². The van der Waals surface area contributed by atoms with Crippen LogP contribution in [-0.4, -0.2) is 19.3 Å². The smallest absolute Gasteiger partial charge is 0.0665 e. The van der Waals surface area contributed by atoms with Gasteiger partial charge in [0.1, 0.15) is 0 Å². The van der Waals surface area contributed by atoms with E-state index < -0.39 is 0 Å². The minimum atomic E-state index is 0.298. The normalized spacial score (nSPS) is 14.7. The van der Waals surface area contributed by atoms with E-state index in [1.165, 1.54) is 5.56 Å². The maximum atomic E-state index is 5.95. The van der Waals surface area contributed by atoms with E-state index >= 15 is 0 Å². The average Bonchev–Trinajstić information content (AvgIpc) is 2.39. The molecule has 0 saturated carbocycles. The Morgan fingerprint density at radius 3 is 2.33 bits per heavy atom. The molecule has 102 valence electrons. The summed E-state index contributed by atoms with van der Waals surface area (Å²) in [6, 6.07) is 10.8. The zero-order valence-electron chi connectivity index (χ0n) is 12.1. The van der Waals surface area contributed by atoms with Gasteiger partial charge in [0.15, 0.2) is 0 Å². The van der Waals surface area contributed by atoms with E-state index in [4.69, 9.17) is 4.74 Å². The number of ether oxygens (including phenoxy) is 1. The maximum Gasteiger partial charge on any atom is 0.0665 e. The Hall–Kier alpha value is -0.860. The summed E-state index contributed by atoms with van der Waals surface area (Å²) in [6.07, 6.45) is 1.45. The zero-order chi connectivity index (χ0) is 13.4. The van der Waals surface area contributed by atoms with Gasteiger partial charge in [-0.2, -0.15) is 0 Å². The summed E-state index contributed by atoms with van der Waals surface area (Å²) < 4.78 is 5.95. The summed E-state index contributed by atoms with van der Waals surface area (Å²) in [6.45, 7) is 10.5. The lowest BCUT2D eigenvalue weighted by Crippen LogP contribution is -2.29. The Morgan fingerprint density at radius 1 is 1.11 bits per heavy atom. The van der Waals surface area contributed by atoms with E-state index in [9.17, 15) is 0 Å². The van der Waals surface area contributed by atoms with E-state index in [0.717, 1.165) is 19.6 Å². The maximum absolute atomic E-state index is 5.95. The molecule has 2 unspecified atom stereocenters. The highest BCUT2D eigenvalue weighted by molar-refractivity contribution is 5.18. The Kier molecular flexibility index (Phi) is 6.99. The van der Waals surface area contributed by atoms with E-state index in [1.54, 1.807) is 0 Å². The highest BCUT2D eigenvalue weighted by atomic mass is 16.5. The van der Waals surface area contributed by atoms with Crippen LogP contribution in [0.15, 0.2) is 30.3 Å². The first kappa shape index (κ1) is 15.2. The molecule has 2 nitrogen and oxygen atoms in total. The van der Waals surface area contributed by atoms with Crippen LogP contribution in [0.1, 0.15) is 45.7 Å². The van der Waals surface area contributed by atoms with Crippen molar-refractivity contribution in [3.8, 4) is 0 Å². The third kappa shape index (κ3) is 5.19. The lowest BCUT2D eigenvalue weighted by Gasteiger charge is -2.23. The van der Waals surface area contributed by atoms with Crippen LogP contribution < -0.4 is 5.32 Å². The lowest BCUT2D eigenvalue weighted by atomic mass is 10.1. The van der Waals surface area contributed by atoms with E-state index in [-0.39, 0.29) is 0 Å². The van der Waals surface area contributed by atoms with Gasteiger partial charge in [-0.3, -0.25) is 0 Å². The van der Waals surface area contributed by atoms with Gasteiger partial charge in [0.2, 0.25) is 0 Å². The van der Waals surface area contributed by atoms with Gasteiger partial charge in [-0.15, -0.1) is 0 Å². The number of rotatable bonds is 8. The van der Waals surface area contributed by atoms with Crippen molar-refractivity contribution in [2.24, 2.45) is 5.92 Å². The van der Waals surface area contributed by atoms with Gasteiger partial charge in [-0.1, -0.05) is 51.1 Å². The zero-order valence-corrected chi connectivity index (χ0v) is 12.1. The summed E-state index contributed by atoms with van der Waals surface area (Å²) >= 11 is 0. The molecule has 18 heavy (non-hydrogen) atoms. The number of hydrogen-bond acceptors (Lipinski definition) is 2. The Balaban J connectivity index is 2.56. The standard InChI is InChI=1S/C16H27NO/c1-5-11-17-16(12-18-14(4)13(2)3)15-9-7-6-8-10-15/h6-10,13-14,16-17H,5,11-12H2,1-4H3. The molecule has 0 heterocycles. The SMILES string of the molecule is CCCNC(COC(C)C(C)C)c1ccccc1. The molecule has 0 saturated heterocycles. The molecule has 1 rings (SSSR count). The van der Waals surface area contributed by atoms with Crippen LogP contribution >= 0.6 is 0 Å². The molecule has 0 spiro atoms.